The van der Waals surface area contributed by atoms with E-state index in [0.29, 0.717) is 12.0 Å². The number of hydrogen-bond donors (Lipinski definition) is 0. The summed E-state index contributed by atoms with van der Waals surface area (Å²) in [7, 11) is 0. The molecular formula is C19H29NO2. The van der Waals surface area contributed by atoms with Crippen molar-refractivity contribution in [2.24, 2.45) is 10.6 Å². The van der Waals surface area contributed by atoms with E-state index in [-0.39, 0.29) is 0 Å². The number of aryl methyl sites for hydroxylation is 1. The first-order valence-corrected chi connectivity index (χ1v) is 8.50. The van der Waals surface area contributed by atoms with Gasteiger partial charge in [0.25, 0.3) is 0 Å². The number of rotatable bonds is 8. The second-order valence-corrected chi connectivity index (χ2v) is 6.79. The second kappa shape index (κ2) is 7.66. The van der Waals surface area contributed by atoms with E-state index >= 15 is 0 Å². The Hall–Kier alpha value is -1.51. The number of ether oxygens (including phenoxy) is 1. The Balaban J connectivity index is 1.93. The van der Waals surface area contributed by atoms with E-state index in [1.807, 2.05) is 6.92 Å². The summed E-state index contributed by atoms with van der Waals surface area (Å²) < 4.78 is 5.96. The first kappa shape index (κ1) is 16.9. The summed E-state index contributed by atoms with van der Waals surface area (Å²) in [6, 6.07) is 6.34. The summed E-state index contributed by atoms with van der Waals surface area (Å²) in [5, 5.41) is 4.20. The van der Waals surface area contributed by atoms with Crippen LogP contribution in [0.3, 0.4) is 0 Å². The highest BCUT2D eigenvalue weighted by Gasteiger charge is 2.20. The fourth-order valence-electron chi connectivity index (χ4n) is 3.02. The first-order chi connectivity index (χ1) is 10.6. The molecule has 1 aromatic rings. The lowest BCUT2D eigenvalue weighted by atomic mass is 9.85. The highest BCUT2D eigenvalue weighted by molar-refractivity contribution is 6.04. The van der Waals surface area contributed by atoms with Crippen LogP contribution in [0.4, 0.5) is 0 Å². The fourth-order valence-corrected chi connectivity index (χ4v) is 3.02. The molecule has 0 aliphatic heterocycles. The van der Waals surface area contributed by atoms with Crippen molar-refractivity contribution in [1.82, 2.24) is 0 Å². The van der Waals surface area contributed by atoms with Crippen LogP contribution in [0.1, 0.15) is 64.5 Å². The maximum Gasteiger partial charge on any atom is 0.119 e. The molecule has 1 aromatic carbocycles. The summed E-state index contributed by atoms with van der Waals surface area (Å²) in [6.07, 6.45) is 5.56. The Labute approximate surface area is 134 Å². The summed E-state index contributed by atoms with van der Waals surface area (Å²) in [6.45, 7) is 10.2. The van der Waals surface area contributed by atoms with E-state index in [9.17, 15) is 0 Å². The Kier molecular flexibility index (Phi) is 5.87. The maximum absolute atomic E-state index is 5.96. The van der Waals surface area contributed by atoms with Crippen molar-refractivity contribution < 1.29 is 9.57 Å². The predicted molar refractivity (Wildman–Crippen MR) is 91.7 cm³/mol. The number of nitrogens with zero attached hydrogens (tertiary/aromatic N) is 1. The predicted octanol–water partition coefficient (Wildman–Crippen LogP) is 4.97. The van der Waals surface area contributed by atoms with Crippen molar-refractivity contribution in [3.63, 3.8) is 0 Å². The minimum Gasteiger partial charge on any atom is -0.494 e. The molecule has 3 heteroatoms. The monoisotopic (exact) mass is 303 g/mol. The molecule has 0 N–H and O–H groups in total. The van der Waals surface area contributed by atoms with E-state index < -0.39 is 0 Å². The van der Waals surface area contributed by atoms with E-state index in [4.69, 9.17) is 9.57 Å². The Morgan fingerprint density at radius 2 is 1.95 bits per heavy atom. The molecule has 0 saturated heterocycles. The molecule has 0 unspecified atom stereocenters. The van der Waals surface area contributed by atoms with Gasteiger partial charge in [-0.05, 0) is 61.8 Å². The number of hydrogen-bond acceptors (Lipinski definition) is 3. The van der Waals surface area contributed by atoms with Crippen molar-refractivity contribution in [3.05, 3.63) is 29.3 Å². The average Bonchev–Trinajstić information content (AvgIpc) is 2.87. The van der Waals surface area contributed by atoms with Crippen molar-refractivity contribution in [3.8, 4) is 5.75 Å². The number of fused-ring (bicyclic) bond motifs is 1. The van der Waals surface area contributed by atoms with Gasteiger partial charge in [0.2, 0.25) is 0 Å². The van der Waals surface area contributed by atoms with E-state index in [2.05, 4.69) is 44.1 Å². The van der Waals surface area contributed by atoms with Crippen molar-refractivity contribution in [2.75, 3.05) is 13.2 Å². The van der Waals surface area contributed by atoms with E-state index in [0.717, 1.165) is 37.3 Å². The summed E-state index contributed by atoms with van der Waals surface area (Å²) in [4.78, 5) is 5.19. The summed E-state index contributed by atoms with van der Waals surface area (Å²) in [5.74, 6) is 0.976. The van der Waals surface area contributed by atoms with Gasteiger partial charge in [-0.1, -0.05) is 32.3 Å². The molecule has 1 aliphatic carbocycles. The van der Waals surface area contributed by atoms with Crippen molar-refractivity contribution >= 4 is 5.71 Å². The molecule has 0 saturated carbocycles. The third kappa shape index (κ3) is 4.49. The van der Waals surface area contributed by atoms with Gasteiger partial charge in [-0.3, -0.25) is 0 Å². The second-order valence-electron chi connectivity index (χ2n) is 6.79. The van der Waals surface area contributed by atoms with E-state index in [1.165, 1.54) is 24.0 Å². The SMILES string of the molecule is CCCC(C)(C)CCOc1ccc2c(c1)CC/C2=N\OCC. The van der Waals surface area contributed by atoms with Crippen LogP contribution in [0.25, 0.3) is 0 Å². The van der Waals surface area contributed by atoms with Gasteiger partial charge in [0.15, 0.2) is 0 Å². The van der Waals surface area contributed by atoms with Crippen LogP contribution in [0, 0.1) is 5.41 Å². The summed E-state index contributed by atoms with van der Waals surface area (Å²) >= 11 is 0. The first-order valence-electron chi connectivity index (χ1n) is 8.50. The largest absolute Gasteiger partial charge is 0.494 e. The molecule has 0 aromatic heterocycles. The third-order valence-electron chi connectivity index (χ3n) is 4.30. The zero-order chi connectivity index (χ0) is 16.0. The third-order valence-corrected chi connectivity index (χ3v) is 4.30. The standard InChI is InChI=1S/C19H29NO2/c1-5-11-19(3,4)12-13-21-16-8-9-17-15(14-16)7-10-18(17)20-22-6-2/h8-9,14H,5-7,10-13H2,1-4H3/b20-18+. The lowest BCUT2D eigenvalue weighted by Gasteiger charge is -2.23. The van der Waals surface area contributed by atoms with Crippen molar-refractivity contribution in [1.29, 1.82) is 0 Å². The van der Waals surface area contributed by atoms with Gasteiger partial charge in [-0.15, -0.1) is 0 Å². The number of benzene rings is 1. The molecule has 0 amide bonds. The van der Waals surface area contributed by atoms with Crippen LogP contribution in [-0.2, 0) is 11.3 Å². The van der Waals surface area contributed by atoms with Crippen LogP contribution in [-0.4, -0.2) is 18.9 Å². The molecule has 22 heavy (non-hydrogen) atoms. The minimum atomic E-state index is 0.364. The topological polar surface area (TPSA) is 30.8 Å². The average molecular weight is 303 g/mol. The smallest absolute Gasteiger partial charge is 0.119 e. The lowest BCUT2D eigenvalue weighted by Crippen LogP contribution is -2.15. The van der Waals surface area contributed by atoms with Gasteiger partial charge >= 0.3 is 0 Å². The fraction of sp³-hybridized carbons (Fsp3) is 0.632. The highest BCUT2D eigenvalue weighted by atomic mass is 16.6. The van der Waals surface area contributed by atoms with Gasteiger partial charge in [-0.25, -0.2) is 0 Å². The van der Waals surface area contributed by atoms with Crippen LogP contribution in [0.15, 0.2) is 23.4 Å². The Bertz CT molecular complexity index is 520. The normalized spacial score (nSPS) is 15.9. The van der Waals surface area contributed by atoms with Crippen LogP contribution >= 0.6 is 0 Å². The molecule has 0 heterocycles. The molecule has 0 radical (unpaired) electrons. The van der Waals surface area contributed by atoms with Crippen LogP contribution in [0.2, 0.25) is 0 Å². The van der Waals surface area contributed by atoms with Gasteiger partial charge in [0, 0.05) is 5.56 Å². The Morgan fingerprint density at radius 3 is 2.68 bits per heavy atom. The van der Waals surface area contributed by atoms with Gasteiger partial charge < -0.3 is 9.57 Å². The molecule has 2 rings (SSSR count). The van der Waals surface area contributed by atoms with Gasteiger partial charge in [0.05, 0.1) is 12.3 Å². The van der Waals surface area contributed by atoms with Gasteiger partial charge in [-0.2, -0.15) is 0 Å². The molecule has 0 bridgehead atoms. The molecule has 0 atom stereocenters. The summed E-state index contributed by atoms with van der Waals surface area (Å²) in [5.41, 5.74) is 3.96. The van der Waals surface area contributed by atoms with Crippen LogP contribution < -0.4 is 4.74 Å². The quantitative estimate of drug-likeness (QED) is 0.635. The molecule has 3 nitrogen and oxygen atoms in total. The van der Waals surface area contributed by atoms with Crippen molar-refractivity contribution in [2.45, 2.75) is 59.8 Å². The van der Waals surface area contributed by atoms with E-state index in [1.54, 1.807) is 0 Å². The lowest BCUT2D eigenvalue weighted by molar-refractivity contribution is 0.158. The minimum absolute atomic E-state index is 0.364. The molecule has 1 aliphatic rings. The zero-order valence-electron chi connectivity index (χ0n) is 14.4. The molecule has 0 fully saturated rings. The maximum atomic E-state index is 5.96. The molecule has 122 valence electrons. The number of oxime groups is 1. The van der Waals surface area contributed by atoms with Crippen LogP contribution in [0.5, 0.6) is 5.75 Å². The zero-order valence-corrected chi connectivity index (χ0v) is 14.4. The highest BCUT2D eigenvalue weighted by Crippen LogP contribution is 2.29. The Morgan fingerprint density at radius 1 is 1.14 bits per heavy atom. The van der Waals surface area contributed by atoms with Gasteiger partial charge in [0.1, 0.15) is 12.4 Å². The molecule has 0 spiro atoms. The molecular weight excluding hydrogens is 274 g/mol.